The van der Waals surface area contributed by atoms with E-state index in [0.717, 1.165) is 48.5 Å². The summed E-state index contributed by atoms with van der Waals surface area (Å²) in [5.41, 5.74) is 7.51. The molecule has 1 aliphatic carbocycles. The SMILES string of the molecule is FC(F)(F)c1ccc(/C2=c3/[nH]/c(c(-c4ccccc4)c3-c3ccccc3)=C(/c3ccc(C(F)(F)F)cc3)c3[nH]c(c(-c4ccccc4)c3-c3ccccc3)/C(c3ccc(C(F)(F)F)cc3)=c3\[nH]/c(c(-c4ccccc4)c3-c3ccccc3)=C(/c3ccc(C(F)(F)F)cc3)c3[nH]c2c(-c2ccccc2)c3-c2ccccc2)cc1. The Balaban J connectivity index is 1.27. The number of benzene rings is 12. The molecule has 16 heteroatoms. The van der Waals surface area contributed by atoms with Crippen molar-refractivity contribution < 1.29 is 52.7 Å². The highest BCUT2D eigenvalue weighted by atomic mass is 19.4. The minimum absolute atomic E-state index is 0.225. The van der Waals surface area contributed by atoms with Crippen LogP contribution < -0.4 is 21.4 Å². The number of H-pyrrole nitrogens is 4. The zero-order valence-electron chi connectivity index (χ0n) is 58.9. The molecular formula is C96H60F12N4. The van der Waals surface area contributed by atoms with Crippen molar-refractivity contribution in [3.63, 3.8) is 0 Å². The Morgan fingerprint density at radius 2 is 0.286 bits per heavy atom. The smallest absolute Gasteiger partial charge is 0.353 e. The number of hydrogen-bond donors (Lipinski definition) is 4. The molecular weight excluding hydrogens is 1440 g/mol. The van der Waals surface area contributed by atoms with Gasteiger partial charge in [0.25, 0.3) is 0 Å². The van der Waals surface area contributed by atoms with Crippen molar-refractivity contribution in [3.8, 4) is 89.0 Å². The van der Waals surface area contributed by atoms with Crippen LogP contribution in [0.15, 0.2) is 340 Å². The van der Waals surface area contributed by atoms with Crippen LogP contribution in [0.2, 0.25) is 0 Å². The maximum Gasteiger partial charge on any atom is 0.416 e. The van der Waals surface area contributed by atoms with Crippen LogP contribution in [0.4, 0.5) is 52.7 Å². The summed E-state index contributed by atoms with van der Waals surface area (Å²) in [4.78, 5) is 15.9. The van der Waals surface area contributed by atoms with Gasteiger partial charge in [-0.2, -0.15) is 52.7 Å². The summed E-state index contributed by atoms with van der Waals surface area (Å²) in [5.74, 6) is 0. The fourth-order valence-corrected chi connectivity index (χ4v) is 15.6. The predicted octanol–water partition coefficient (Wildman–Crippen LogP) is 23.7. The lowest BCUT2D eigenvalue weighted by molar-refractivity contribution is -0.138. The Kier molecular flexibility index (Phi) is 18.1. The third-order valence-corrected chi connectivity index (χ3v) is 20.5. The van der Waals surface area contributed by atoms with E-state index in [1.54, 1.807) is 0 Å². The largest absolute Gasteiger partial charge is 0.416 e. The van der Waals surface area contributed by atoms with E-state index in [1.165, 1.54) is 48.5 Å². The van der Waals surface area contributed by atoms with Crippen LogP contribution in [-0.2, 0) is 24.7 Å². The summed E-state index contributed by atoms with van der Waals surface area (Å²) in [6.07, 6.45) is -19.3. The van der Waals surface area contributed by atoms with Gasteiger partial charge in [-0.25, -0.2) is 0 Å². The molecule has 0 fully saturated rings. The van der Waals surface area contributed by atoms with Crippen LogP contribution in [0.3, 0.4) is 0 Å². The minimum Gasteiger partial charge on any atom is -0.353 e. The van der Waals surface area contributed by atoms with Gasteiger partial charge in [0.05, 0.1) is 66.4 Å². The number of rotatable bonds is 12. The second kappa shape index (κ2) is 28.4. The van der Waals surface area contributed by atoms with Crippen LogP contribution in [0, 0.1) is 0 Å². The maximum atomic E-state index is 15.4. The third kappa shape index (κ3) is 13.1. The molecule has 12 aromatic carbocycles. The summed E-state index contributed by atoms with van der Waals surface area (Å²) < 4.78 is 184. The second-order valence-corrected chi connectivity index (χ2v) is 27.2. The van der Waals surface area contributed by atoms with E-state index in [-0.39, 0.29) is 88.7 Å². The van der Waals surface area contributed by atoms with Crippen molar-refractivity contribution in [1.29, 1.82) is 0 Å². The van der Waals surface area contributed by atoms with Crippen LogP contribution in [0.25, 0.3) is 111 Å². The number of fused-ring (bicyclic) bond motifs is 12. The Morgan fingerprint density at radius 3 is 0.429 bits per heavy atom. The lowest BCUT2D eigenvalue weighted by Crippen LogP contribution is -2.21. The van der Waals surface area contributed by atoms with Crippen molar-refractivity contribution in [2.45, 2.75) is 24.7 Å². The van der Waals surface area contributed by atoms with E-state index in [2.05, 4.69) is 19.9 Å². The Hall–Kier alpha value is -13.6. The lowest BCUT2D eigenvalue weighted by atomic mass is 9.86. The zero-order chi connectivity index (χ0) is 77.2. The Morgan fingerprint density at radius 1 is 0.143 bits per heavy atom. The average molecular weight is 1500 g/mol. The molecule has 1 aliphatic rings. The Labute approximate surface area is 633 Å². The van der Waals surface area contributed by atoms with Gasteiger partial charge in [-0.1, -0.05) is 291 Å². The molecule has 0 saturated carbocycles. The molecule has 17 rings (SSSR count). The fraction of sp³-hybridized carbons (Fsp3) is 0.0417. The first-order valence-electron chi connectivity index (χ1n) is 35.8. The molecule has 4 aromatic heterocycles. The summed E-state index contributed by atoms with van der Waals surface area (Å²) >= 11 is 0. The van der Waals surface area contributed by atoms with E-state index >= 15 is 52.7 Å². The molecule has 0 amide bonds. The highest BCUT2D eigenvalue weighted by Gasteiger charge is 2.38. The lowest BCUT2D eigenvalue weighted by Gasteiger charge is -2.15. The molecule has 0 unspecified atom stereocenters. The standard InChI is InChI=1S/C96H60F12N4/c97-93(98,99)69-49-41-65(42-50-69)81-85-73(57-25-9-1-10-26-57)74(58-27-11-2-12-28-58)86(109-85)82(66-43-51-70(52-44-66)94(100,101)102)88-77(61-33-17-5-18-34-61)78(62-35-19-6-20-36-62)90(111-88)84(68-47-55-72(56-48-68)96(106,107)108)92-80(64-39-23-8-24-40-64)79(63-37-21-7-22-38-63)91(112-92)83(67-45-53-71(54-46-67)95(103,104)105)89-76(60-31-15-4-16-32-60)75(87(81)110-89)59-29-13-3-14-30-59/h1-56,109-112H/b85-81-,86-82-,87-81?,88-82?,89-83?,90-84?,91-83-,92-84-. The number of aromatic nitrogens is 4. The van der Waals surface area contributed by atoms with Crippen LogP contribution in [-0.4, -0.2) is 19.9 Å². The predicted molar refractivity (Wildman–Crippen MR) is 417 cm³/mol. The Bertz CT molecular complexity index is 5640. The van der Waals surface area contributed by atoms with E-state index < -0.39 is 47.0 Å². The number of aromatic amines is 4. The maximum absolute atomic E-state index is 15.4. The molecule has 4 N–H and O–H groups in total. The molecule has 548 valence electrons. The van der Waals surface area contributed by atoms with Gasteiger partial charge in [0.1, 0.15) is 0 Å². The van der Waals surface area contributed by atoms with Gasteiger partial charge in [0.2, 0.25) is 0 Å². The zero-order valence-corrected chi connectivity index (χ0v) is 58.9. The number of alkyl halides is 12. The molecule has 0 radical (unpaired) electrons. The van der Waals surface area contributed by atoms with Crippen molar-refractivity contribution in [2.24, 2.45) is 0 Å². The van der Waals surface area contributed by atoms with Gasteiger partial charge in [0.15, 0.2) is 0 Å². The van der Waals surface area contributed by atoms with Crippen LogP contribution in [0.5, 0.6) is 0 Å². The number of halogens is 12. The fourth-order valence-electron chi connectivity index (χ4n) is 15.6. The highest BCUT2D eigenvalue weighted by molar-refractivity contribution is 6.07. The first-order chi connectivity index (χ1) is 54.2. The number of hydrogen-bond acceptors (Lipinski definition) is 0. The van der Waals surface area contributed by atoms with Gasteiger partial charge in [-0.3, -0.25) is 0 Å². The van der Waals surface area contributed by atoms with E-state index in [9.17, 15) is 0 Å². The van der Waals surface area contributed by atoms with Crippen LogP contribution >= 0.6 is 0 Å². The van der Waals surface area contributed by atoms with Crippen molar-refractivity contribution in [2.75, 3.05) is 0 Å². The van der Waals surface area contributed by atoms with E-state index in [4.69, 9.17) is 0 Å². The first-order valence-corrected chi connectivity index (χ1v) is 35.8. The monoisotopic (exact) mass is 1500 g/mol. The van der Waals surface area contributed by atoms with Crippen molar-refractivity contribution >= 4 is 22.3 Å². The van der Waals surface area contributed by atoms with Gasteiger partial charge in [0, 0.05) is 66.8 Å². The molecule has 4 nitrogen and oxygen atoms in total. The van der Waals surface area contributed by atoms with Crippen LogP contribution in [0.1, 0.15) is 67.3 Å². The normalized spacial score (nSPS) is 14.7. The summed E-state index contributed by atoms with van der Waals surface area (Å²) in [6.45, 7) is 0. The molecule has 112 heavy (non-hydrogen) atoms. The molecule has 0 spiro atoms. The van der Waals surface area contributed by atoms with Gasteiger partial charge in [-0.15, -0.1) is 0 Å². The minimum atomic E-state index is -4.83. The third-order valence-electron chi connectivity index (χ3n) is 20.5. The van der Waals surface area contributed by atoms with Crippen molar-refractivity contribution in [3.05, 3.63) is 428 Å². The molecule has 0 atom stereocenters. The van der Waals surface area contributed by atoms with E-state index in [0.29, 0.717) is 89.0 Å². The summed E-state index contributed by atoms with van der Waals surface area (Å²) in [7, 11) is 0. The molecule has 8 bridgehead atoms. The summed E-state index contributed by atoms with van der Waals surface area (Å²) in [6, 6.07) is 93.3. The first kappa shape index (κ1) is 71.3. The topological polar surface area (TPSA) is 63.2 Å². The molecule has 16 aromatic rings. The van der Waals surface area contributed by atoms with Gasteiger partial charge < -0.3 is 19.9 Å². The van der Waals surface area contributed by atoms with Gasteiger partial charge in [-0.05, 0) is 115 Å². The van der Waals surface area contributed by atoms with Crippen molar-refractivity contribution in [1.82, 2.24) is 19.9 Å². The van der Waals surface area contributed by atoms with Gasteiger partial charge >= 0.3 is 24.7 Å². The number of nitrogens with one attached hydrogen (secondary N) is 4. The quantitative estimate of drug-likeness (QED) is 0.0881. The average Bonchev–Trinajstić information content (AvgIpc) is 1.55. The molecule has 0 saturated heterocycles. The van der Waals surface area contributed by atoms with E-state index in [1.807, 2.05) is 243 Å². The second-order valence-electron chi connectivity index (χ2n) is 27.2. The summed E-state index contributed by atoms with van der Waals surface area (Å²) in [5, 5.41) is 1.13. The molecule has 0 aliphatic heterocycles. The highest BCUT2D eigenvalue weighted by Crippen LogP contribution is 2.50. The molecule has 4 heterocycles.